The lowest BCUT2D eigenvalue weighted by Crippen LogP contribution is -2.20. The van der Waals surface area contributed by atoms with Crippen LogP contribution in [-0.2, 0) is 6.42 Å². The fourth-order valence-corrected chi connectivity index (χ4v) is 3.21. The Labute approximate surface area is 162 Å². The lowest BCUT2D eigenvalue weighted by Gasteiger charge is -2.14. The molecule has 0 spiro atoms. The molecule has 0 bridgehead atoms. The van der Waals surface area contributed by atoms with Gasteiger partial charge in [-0.1, -0.05) is 35.9 Å². The van der Waals surface area contributed by atoms with Crippen LogP contribution in [0.25, 0.3) is 16.5 Å². The minimum atomic E-state index is -0.260. The van der Waals surface area contributed by atoms with Gasteiger partial charge in [0, 0.05) is 30.0 Å². The molecule has 0 fully saturated rings. The highest BCUT2D eigenvalue weighted by Crippen LogP contribution is 2.26. The van der Waals surface area contributed by atoms with Gasteiger partial charge in [-0.15, -0.1) is 0 Å². The van der Waals surface area contributed by atoms with E-state index in [0.29, 0.717) is 35.0 Å². The molecule has 140 valence electrons. The average molecular weight is 372 g/mol. The van der Waals surface area contributed by atoms with Crippen molar-refractivity contribution in [1.29, 1.82) is 0 Å². The maximum Gasteiger partial charge on any atom is 0.265 e. The molecule has 0 aliphatic carbocycles. The maximum absolute atomic E-state index is 13.0. The Bertz CT molecular complexity index is 1190. The van der Waals surface area contributed by atoms with Crippen LogP contribution >= 0.6 is 0 Å². The number of rotatable bonds is 5. The van der Waals surface area contributed by atoms with Crippen molar-refractivity contribution in [3.05, 3.63) is 94.2 Å². The van der Waals surface area contributed by atoms with Crippen molar-refractivity contribution in [2.75, 3.05) is 6.54 Å². The standard InChI is InChI=1S/C23H20N2O3/c1-16-8-10-17(11-9-16)25-22(26)20-7-3-2-6-19(20)21(23(25)27)15-24-13-12-18-5-4-14-28-18/h2-11,14-15,27H,12-13H2,1H3. The van der Waals surface area contributed by atoms with Crippen LogP contribution in [0.3, 0.4) is 0 Å². The van der Waals surface area contributed by atoms with Gasteiger partial charge in [-0.05, 0) is 37.3 Å². The molecule has 2 aromatic carbocycles. The molecule has 0 aliphatic rings. The molecule has 0 saturated heterocycles. The average Bonchev–Trinajstić information content (AvgIpc) is 3.22. The molecule has 0 aliphatic heterocycles. The summed E-state index contributed by atoms with van der Waals surface area (Å²) in [5.74, 6) is 0.741. The second-order valence-electron chi connectivity index (χ2n) is 6.62. The highest BCUT2D eigenvalue weighted by molar-refractivity contribution is 6.01. The van der Waals surface area contributed by atoms with Crippen LogP contribution in [0.4, 0.5) is 0 Å². The van der Waals surface area contributed by atoms with Crippen molar-refractivity contribution in [3.63, 3.8) is 0 Å². The van der Waals surface area contributed by atoms with E-state index in [4.69, 9.17) is 4.42 Å². The number of fused-ring (bicyclic) bond motifs is 1. The van der Waals surface area contributed by atoms with E-state index < -0.39 is 0 Å². The van der Waals surface area contributed by atoms with Crippen molar-refractivity contribution in [1.82, 2.24) is 4.57 Å². The van der Waals surface area contributed by atoms with E-state index in [0.717, 1.165) is 11.3 Å². The predicted octanol–water partition coefficient (Wildman–Crippen LogP) is 4.26. The molecule has 5 nitrogen and oxygen atoms in total. The first-order chi connectivity index (χ1) is 13.6. The van der Waals surface area contributed by atoms with Crippen LogP contribution in [0.5, 0.6) is 5.88 Å². The van der Waals surface area contributed by atoms with Crippen LogP contribution in [-0.4, -0.2) is 22.4 Å². The minimum Gasteiger partial charge on any atom is -0.494 e. The number of hydrogen-bond donors (Lipinski definition) is 1. The van der Waals surface area contributed by atoms with Crippen molar-refractivity contribution in [2.24, 2.45) is 4.99 Å². The first-order valence-electron chi connectivity index (χ1n) is 9.11. The fourth-order valence-electron chi connectivity index (χ4n) is 3.21. The number of aryl methyl sites for hydroxylation is 1. The molecule has 4 rings (SSSR count). The van der Waals surface area contributed by atoms with Crippen molar-refractivity contribution in [3.8, 4) is 11.6 Å². The summed E-state index contributed by atoms with van der Waals surface area (Å²) in [4.78, 5) is 17.5. The summed E-state index contributed by atoms with van der Waals surface area (Å²) in [7, 11) is 0. The fraction of sp³-hybridized carbons (Fsp3) is 0.130. The van der Waals surface area contributed by atoms with Gasteiger partial charge in [-0.3, -0.25) is 9.79 Å². The topological polar surface area (TPSA) is 67.7 Å². The quantitative estimate of drug-likeness (QED) is 0.532. The van der Waals surface area contributed by atoms with E-state index >= 15 is 0 Å². The maximum atomic E-state index is 13.0. The van der Waals surface area contributed by atoms with Gasteiger partial charge in [-0.2, -0.15) is 0 Å². The largest absolute Gasteiger partial charge is 0.494 e. The normalized spacial score (nSPS) is 11.5. The Balaban J connectivity index is 1.80. The first-order valence-corrected chi connectivity index (χ1v) is 9.11. The van der Waals surface area contributed by atoms with Crippen molar-refractivity contribution in [2.45, 2.75) is 13.3 Å². The van der Waals surface area contributed by atoms with Crippen LogP contribution in [0.15, 0.2) is 81.1 Å². The second-order valence-corrected chi connectivity index (χ2v) is 6.62. The van der Waals surface area contributed by atoms with E-state index in [9.17, 15) is 9.90 Å². The zero-order valence-corrected chi connectivity index (χ0v) is 15.5. The summed E-state index contributed by atoms with van der Waals surface area (Å²) in [6.07, 6.45) is 3.93. The molecule has 28 heavy (non-hydrogen) atoms. The molecule has 0 atom stereocenters. The molecule has 1 N–H and O–H groups in total. The van der Waals surface area contributed by atoms with Gasteiger partial charge in [0.1, 0.15) is 5.76 Å². The van der Waals surface area contributed by atoms with Gasteiger partial charge in [0.05, 0.1) is 17.5 Å². The number of nitrogens with zero attached hydrogens (tertiary/aromatic N) is 2. The molecular formula is C23H20N2O3. The molecular weight excluding hydrogens is 352 g/mol. The summed E-state index contributed by atoms with van der Waals surface area (Å²) in [6.45, 7) is 2.49. The number of pyridine rings is 1. The van der Waals surface area contributed by atoms with E-state index in [2.05, 4.69) is 4.99 Å². The monoisotopic (exact) mass is 372 g/mol. The smallest absolute Gasteiger partial charge is 0.265 e. The third-order valence-electron chi connectivity index (χ3n) is 4.68. The Kier molecular flexibility index (Phi) is 4.81. The molecule has 4 aromatic rings. The number of aliphatic imine (C=N–C) groups is 1. The Morgan fingerprint density at radius 1 is 1.04 bits per heavy atom. The highest BCUT2D eigenvalue weighted by Gasteiger charge is 2.16. The van der Waals surface area contributed by atoms with Gasteiger partial charge < -0.3 is 9.52 Å². The van der Waals surface area contributed by atoms with Crippen LogP contribution in [0, 0.1) is 6.92 Å². The number of aromatic nitrogens is 1. The van der Waals surface area contributed by atoms with Gasteiger partial charge >= 0.3 is 0 Å². The molecule has 2 aromatic heterocycles. The molecule has 0 radical (unpaired) electrons. The van der Waals surface area contributed by atoms with Gasteiger partial charge in [-0.25, -0.2) is 4.57 Å². The Morgan fingerprint density at radius 3 is 2.50 bits per heavy atom. The van der Waals surface area contributed by atoms with E-state index in [1.54, 1.807) is 18.5 Å². The van der Waals surface area contributed by atoms with Crippen LogP contribution in [0.1, 0.15) is 16.9 Å². The highest BCUT2D eigenvalue weighted by atomic mass is 16.3. The number of benzene rings is 2. The van der Waals surface area contributed by atoms with Crippen LogP contribution in [0.2, 0.25) is 0 Å². The summed E-state index contributed by atoms with van der Waals surface area (Å²) < 4.78 is 6.64. The Morgan fingerprint density at radius 2 is 1.79 bits per heavy atom. The summed E-state index contributed by atoms with van der Waals surface area (Å²) in [5, 5.41) is 12.1. The number of hydrogen-bond acceptors (Lipinski definition) is 4. The third kappa shape index (κ3) is 3.34. The Hall–Kier alpha value is -3.60. The molecule has 5 heteroatoms. The first kappa shape index (κ1) is 17.8. The zero-order valence-electron chi connectivity index (χ0n) is 15.5. The van der Waals surface area contributed by atoms with E-state index in [1.165, 1.54) is 4.57 Å². The third-order valence-corrected chi connectivity index (χ3v) is 4.68. The van der Waals surface area contributed by atoms with Gasteiger partial charge in [0.25, 0.3) is 5.56 Å². The molecule has 0 saturated carbocycles. The lowest BCUT2D eigenvalue weighted by molar-refractivity contribution is 0.436. The lowest BCUT2D eigenvalue weighted by atomic mass is 10.1. The second kappa shape index (κ2) is 7.56. The minimum absolute atomic E-state index is 0.116. The summed E-state index contributed by atoms with van der Waals surface area (Å²) in [6, 6.07) is 18.5. The number of aromatic hydroxyl groups is 1. The van der Waals surface area contributed by atoms with Gasteiger partial charge in [0.15, 0.2) is 0 Å². The van der Waals surface area contributed by atoms with E-state index in [1.807, 2.05) is 61.5 Å². The molecule has 0 unspecified atom stereocenters. The van der Waals surface area contributed by atoms with Gasteiger partial charge in [0.2, 0.25) is 5.88 Å². The predicted molar refractivity (Wildman–Crippen MR) is 111 cm³/mol. The summed E-state index contributed by atoms with van der Waals surface area (Å²) in [5.41, 5.74) is 1.96. The van der Waals surface area contributed by atoms with E-state index in [-0.39, 0.29) is 11.4 Å². The summed E-state index contributed by atoms with van der Waals surface area (Å²) >= 11 is 0. The molecule has 2 heterocycles. The van der Waals surface area contributed by atoms with Crippen LogP contribution < -0.4 is 5.56 Å². The number of furan rings is 1. The molecule has 0 amide bonds. The van der Waals surface area contributed by atoms with Crippen molar-refractivity contribution >= 4 is 17.0 Å². The van der Waals surface area contributed by atoms with Crippen molar-refractivity contribution < 1.29 is 9.52 Å². The SMILES string of the molecule is Cc1ccc(-n2c(O)c(C=NCCc3ccco3)c3ccccc3c2=O)cc1. The zero-order chi connectivity index (χ0) is 19.5.